The van der Waals surface area contributed by atoms with Crippen LogP contribution in [0, 0.1) is 0 Å². The van der Waals surface area contributed by atoms with Crippen LogP contribution in [0.4, 0.5) is 9.93 Å². The summed E-state index contributed by atoms with van der Waals surface area (Å²) in [5.41, 5.74) is 0.918. The van der Waals surface area contributed by atoms with Gasteiger partial charge in [-0.1, -0.05) is 41.7 Å². The van der Waals surface area contributed by atoms with E-state index in [9.17, 15) is 9.59 Å². The van der Waals surface area contributed by atoms with Gasteiger partial charge < -0.3 is 14.4 Å². The van der Waals surface area contributed by atoms with Crippen LogP contribution >= 0.6 is 11.3 Å². The lowest BCUT2D eigenvalue weighted by Gasteiger charge is -2.24. The summed E-state index contributed by atoms with van der Waals surface area (Å²) in [7, 11) is 0. The molecule has 0 aliphatic carbocycles. The smallest absolute Gasteiger partial charge is 0.410 e. The molecule has 0 atom stereocenters. The maximum absolute atomic E-state index is 12.3. The molecule has 1 aromatic heterocycles. The lowest BCUT2D eigenvalue weighted by atomic mass is 10.1. The summed E-state index contributed by atoms with van der Waals surface area (Å²) in [5.74, 6) is 0.369. The number of nitrogens with one attached hydrogen (secondary N) is 1. The number of aromatic nitrogens is 1. The Morgan fingerprint density at radius 2 is 2.03 bits per heavy atom. The molecule has 3 aromatic rings. The van der Waals surface area contributed by atoms with Crippen molar-refractivity contribution < 1.29 is 19.1 Å². The third-order valence-electron chi connectivity index (χ3n) is 4.59. The Morgan fingerprint density at radius 1 is 1.21 bits per heavy atom. The van der Waals surface area contributed by atoms with Gasteiger partial charge in [0.05, 0.1) is 18.8 Å². The van der Waals surface area contributed by atoms with Gasteiger partial charge in [-0.25, -0.2) is 9.78 Å². The predicted octanol–water partition coefficient (Wildman–Crippen LogP) is 3.83. The van der Waals surface area contributed by atoms with Gasteiger partial charge in [-0.15, -0.1) is 0 Å². The molecular weight excluding hydrogens is 390 g/mol. The minimum atomic E-state index is -0.319. The molecule has 150 valence electrons. The zero-order valence-electron chi connectivity index (χ0n) is 16.0. The molecule has 2 heterocycles. The van der Waals surface area contributed by atoms with Crippen LogP contribution in [0.15, 0.2) is 42.5 Å². The van der Waals surface area contributed by atoms with Gasteiger partial charge in [-0.05, 0) is 29.8 Å². The van der Waals surface area contributed by atoms with E-state index in [0.717, 1.165) is 21.3 Å². The third-order valence-corrected chi connectivity index (χ3v) is 5.59. The number of carbonyl (C=O) groups is 2. The monoisotopic (exact) mass is 411 g/mol. The number of thiazole rings is 1. The summed E-state index contributed by atoms with van der Waals surface area (Å²) in [5, 5.41) is 5.49. The number of benzene rings is 2. The van der Waals surface area contributed by atoms with E-state index in [1.807, 2.05) is 42.5 Å². The van der Waals surface area contributed by atoms with Crippen LogP contribution in [0.25, 0.3) is 10.8 Å². The van der Waals surface area contributed by atoms with E-state index in [-0.39, 0.29) is 18.6 Å². The number of hydrogen-bond donors (Lipinski definition) is 1. The first-order valence-electron chi connectivity index (χ1n) is 9.44. The molecule has 0 saturated carbocycles. The number of rotatable bonds is 5. The lowest BCUT2D eigenvalue weighted by molar-refractivity contribution is -0.118. The van der Waals surface area contributed by atoms with Crippen LogP contribution in [-0.2, 0) is 22.5 Å². The number of carbonyl (C=O) groups excluding carboxylic acids is 2. The van der Waals surface area contributed by atoms with E-state index in [1.54, 1.807) is 11.8 Å². The van der Waals surface area contributed by atoms with Gasteiger partial charge in [0.25, 0.3) is 5.91 Å². The molecule has 8 heteroatoms. The Labute approximate surface area is 172 Å². The minimum absolute atomic E-state index is 0.0997. The van der Waals surface area contributed by atoms with Crippen LogP contribution in [0.2, 0.25) is 0 Å². The number of ether oxygens (including phenoxy) is 2. The van der Waals surface area contributed by atoms with Gasteiger partial charge in [0.2, 0.25) is 0 Å². The van der Waals surface area contributed by atoms with Crippen molar-refractivity contribution in [2.75, 3.05) is 25.1 Å². The number of hydrogen-bond acceptors (Lipinski definition) is 6. The van der Waals surface area contributed by atoms with Crippen molar-refractivity contribution in [2.45, 2.75) is 19.9 Å². The Hall–Kier alpha value is -3.13. The SMILES string of the molecule is CCOC(=O)N1CCc2nc(NC(=O)COc3ccc4ccccc4c3)sc2C1. The van der Waals surface area contributed by atoms with Gasteiger partial charge in [0.15, 0.2) is 11.7 Å². The van der Waals surface area contributed by atoms with Crippen molar-refractivity contribution >= 4 is 39.2 Å². The molecule has 1 aliphatic heterocycles. The lowest BCUT2D eigenvalue weighted by Crippen LogP contribution is -2.35. The van der Waals surface area contributed by atoms with Crippen molar-refractivity contribution in [3.05, 3.63) is 53.0 Å². The summed E-state index contributed by atoms with van der Waals surface area (Å²) in [4.78, 5) is 31.3. The van der Waals surface area contributed by atoms with Gasteiger partial charge in [-0.2, -0.15) is 0 Å². The molecule has 0 unspecified atom stereocenters. The summed E-state index contributed by atoms with van der Waals surface area (Å²) in [6.07, 6.45) is 0.328. The second-order valence-corrected chi connectivity index (χ2v) is 7.69. The molecule has 7 nitrogen and oxygen atoms in total. The fraction of sp³-hybridized carbons (Fsp3) is 0.286. The molecule has 1 aliphatic rings. The highest BCUT2D eigenvalue weighted by Crippen LogP contribution is 2.28. The third kappa shape index (κ3) is 4.48. The molecule has 0 saturated heterocycles. The first kappa shape index (κ1) is 19.2. The van der Waals surface area contributed by atoms with E-state index < -0.39 is 0 Å². The van der Waals surface area contributed by atoms with Gasteiger partial charge in [-0.3, -0.25) is 10.1 Å². The van der Waals surface area contributed by atoms with Crippen molar-refractivity contribution in [2.24, 2.45) is 0 Å². The van der Waals surface area contributed by atoms with Crippen molar-refractivity contribution in [1.29, 1.82) is 0 Å². The molecule has 0 fully saturated rings. The number of anilines is 1. The zero-order chi connectivity index (χ0) is 20.2. The molecule has 2 aromatic carbocycles. The van der Waals surface area contributed by atoms with Gasteiger partial charge in [0, 0.05) is 17.8 Å². The molecule has 0 radical (unpaired) electrons. The topological polar surface area (TPSA) is 80.8 Å². The Balaban J connectivity index is 1.34. The van der Waals surface area contributed by atoms with Crippen LogP contribution in [-0.4, -0.2) is 41.6 Å². The maximum atomic E-state index is 12.3. The average Bonchev–Trinajstić information content (AvgIpc) is 3.13. The van der Waals surface area contributed by atoms with E-state index in [1.165, 1.54) is 11.3 Å². The molecule has 0 bridgehead atoms. The van der Waals surface area contributed by atoms with Crippen molar-refractivity contribution in [3.8, 4) is 5.75 Å². The number of amides is 2. The average molecular weight is 411 g/mol. The first-order valence-corrected chi connectivity index (χ1v) is 10.3. The Bertz CT molecular complexity index is 1050. The summed E-state index contributed by atoms with van der Waals surface area (Å²) in [6, 6.07) is 13.7. The van der Waals surface area contributed by atoms with Gasteiger partial charge in [0.1, 0.15) is 5.75 Å². The second-order valence-electron chi connectivity index (χ2n) is 6.61. The minimum Gasteiger partial charge on any atom is -0.484 e. The van der Waals surface area contributed by atoms with Crippen LogP contribution in [0.3, 0.4) is 0 Å². The van der Waals surface area contributed by atoms with Crippen molar-refractivity contribution in [1.82, 2.24) is 9.88 Å². The molecule has 29 heavy (non-hydrogen) atoms. The van der Waals surface area contributed by atoms with E-state index >= 15 is 0 Å². The molecular formula is C21H21N3O4S. The normalized spacial score (nSPS) is 13.1. The maximum Gasteiger partial charge on any atom is 0.410 e. The number of fused-ring (bicyclic) bond motifs is 2. The van der Waals surface area contributed by atoms with E-state index in [2.05, 4.69) is 10.3 Å². The first-order chi connectivity index (χ1) is 14.1. The van der Waals surface area contributed by atoms with Crippen LogP contribution < -0.4 is 10.1 Å². The fourth-order valence-electron chi connectivity index (χ4n) is 3.18. The van der Waals surface area contributed by atoms with Crippen LogP contribution in [0.5, 0.6) is 5.75 Å². The molecule has 2 amide bonds. The summed E-state index contributed by atoms with van der Waals surface area (Å²) >= 11 is 1.38. The Morgan fingerprint density at radius 3 is 2.86 bits per heavy atom. The summed E-state index contributed by atoms with van der Waals surface area (Å²) < 4.78 is 10.7. The Kier molecular flexibility index (Phi) is 5.62. The van der Waals surface area contributed by atoms with Crippen LogP contribution in [0.1, 0.15) is 17.5 Å². The summed E-state index contributed by atoms with van der Waals surface area (Å²) in [6.45, 7) is 3.05. The molecule has 0 spiro atoms. The second kappa shape index (κ2) is 8.48. The highest BCUT2D eigenvalue weighted by atomic mass is 32.1. The quantitative estimate of drug-likeness (QED) is 0.690. The zero-order valence-corrected chi connectivity index (χ0v) is 16.8. The number of nitrogens with zero attached hydrogens (tertiary/aromatic N) is 2. The highest BCUT2D eigenvalue weighted by molar-refractivity contribution is 7.15. The van der Waals surface area contributed by atoms with Crippen molar-refractivity contribution in [3.63, 3.8) is 0 Å². The predicted molar refractivity (Wildman–Crippen MR) is 111 cm³/mol. The van der Waals surface area contributed by atoms with E-state index in [4.69, 9.17) is 9.47 Å². The van der Waals surface area contributed by atoms with Gasteiger partial charge >= 0.3 is 6.09 Å². The fourth-order valence-corrected chi connectivity index (χ4v) is 4.22. The molecule has 1 N–H and O–H groups in total. The van der Waals surface area contributed by atoms with E-state index in [0.29, 0.717) is 37.0 Å². The largest absolute Gasteiger partial charge is 0.484 e. The standard InChI is InChI=1S/C21H21N3O4S/c1-2-27-21(26)24-10-9-17-18(12-24)29-20(22-17)23-19(25)13-28-16-8-7-14-5-3-4-6-15(14)11-16/h3-8,11H,2,9-10,12-13H2,1H3,(H,22,23,25). The molecule has 4 rings (SSSR count). The highest BCUT2D eigenvalue weighted by Gasteiger charge is 2.25.